The van der Waals surface area contributed by atoms with Crippen LogP contribution in [-0.2, 0) is 6.42 Å². The molecule has 1 atom stereocenters. The molecule has 3 aromatic carbocycles. The van der Waals surface area contributed by atoms with Gasteiger partial charge >= 0.3 is 0 Å². The third-order valence-corrected chi connectivity index (χ3v) is 5.58. The van der Waals surface area contributed by atoms with E-state index >= 15 is 0 Å². The highest BCUT2D eigenvalue weighted by Gasteiger charge is 2.29. The first-order chi connectivity index (χ1) is 13.7. The summed E-state index contributed by atoms with van der Waals surface area (Å²) < 4.78 is 0. The highest BCUT2D eigenvalue weighted by molar-refractivity contribution is 6.33. The lowest BCUT2D eigenvalue weighted by atomic mass is 9.96. The number of carbonyl (C=O) groups is 1. The molecule has 0 aromatic heterocycles. The van der Waals surface area contributed by atoms with E-state index < -0.39 is 0 Å². The quantitative estimate of drug-likeness (QED) is 0.702. The molecule has 1 aliphatic rings. The number of benzene rings is 3. The summed E-state index contributed by atoms with van der Waals surface area (Å²) in [6.45, 7) is 2.31. The lowest BCUT2D eigenvalue weighted by Crippen LogP contribution is -2.54. The third-order valence-electron chi connectivity index (χ3n) is 5.25. The second-order valence-corrected chi connectivity index (χ2v) is 7.48. The Kier molecular flexibility index (Phi) is 5.75. The van der Waals surface area contributed by atoms with Crippen LogP contribution in [0.15, 0.2) is 78.9 Å². The number of hydrogen-bond acceptors (Lipinski definition) is 2. The van der Waals surface area contributed by atoms with Gasteiger partial charge < -0.3 is 10.2 Å². The molecule has 1 heterocycles. The van der Waals surface area contributed by atoms with Crippen LogP contribution in [0.5, 0.6) is 0 Å². The smallest absolute Gasteiger partial charge is 0.254 e. The molecule has 0 aliphatic carbocycles. The van der Waals surface area contributed by atoms with Crippen LogP contribution in [-0.4, -0.2) is 36.5 Å². The van der Waals surface area contributed by atoms with Crippen molar-refractivity contribution in [3.05, 3.63) is 95.0 Å². The van der Waals surface area contributed by atoms with E-state index in [1.807, 2.05) is 71.6 Å². The van der Waals surface area contributed by atoms with E-state index in [1.165, 1.54) is 5.56 Å². The maximum Gasteiger partial charge on any atom is 0.254 e. The van der Waals surface area contributed by atoms with Gasteiger partial charge in [-0.3, -0.25) is 4.79 Å². The van der Waals surface area contributed by atoms with Crippen molar-refractivity contribution < 1.29 is 4.79 Å². The second kappa shape index (κ2) is 8.59. The van der Waals surface area contributed by atoms with E-state index in [0.717, 1.165) is 30.6 Å². The van der Waals surface area contributed by atoms with Gasteiger partial charge in [0, 0.05) is 41.8 Å². The van der Waals surface area contributed by atoms with Crippen molar-refractivity contribution in [2.24, 2.45) is 0 Å². The van der Waals surface area contributed by atoms with E-state index in [2.05, 4.69) is 17.4 Å². The minimum Gasteiger partial charge on any atom is -0.333 e. The van der Waals surface area contributed by atoms with Gasteiger partial charge in [0.05, 0.1) is 0 Å². The Morgan fingerprint density at radius 2 is 1.61 bits per heavy atom. The highest BCUT2D eigenvalue weighted by Crippen LogP contribution is 2.31. The lowest BCUT2D eigenvalue weighted by Gasteiger charge is -2.37. The molecule has 1 amide bonds. The van der Waals surface area contributed by atoms with Crippen LogP contribution in [0.4, 0.5) is 0 Å². The zero-order valence-corrected chi connectivity index (χ0v) is 16.4. The first-order valence-corrected chi connectivity index (χ1v) is 10.0. The van der Waals surface area contributed by atoms with Gasteiger partial charge in [-0.15, -0.1) is 0 Å². The van der Waals surface area contributed by atoms with Gasteiger partial charge in [0.1, 0.15) is 0 Å². The first-order valence-electron chi connectivity index (χ1n) is 9.63. The van der Waals surface area contributed by atoms with Crippen molar-refractivity contribution in [3.63, 3.8) is 0 Å². The molecule has 3 nitrogen and oxygen atoms in total. The summed E-state index contributed by atoms with van der Waals surface area (Å²) in [5.74, 6) is 0.0675. The topological polar surface area (TPSA) is 32.3 Å². The predicted octanol–water partition coefficient (Wildman–Crippen LogP) is 4.66. The summed E-state index contributed by atoms with van der Waals surface area (Å²) in [7, 11) is 0. The van der Waals surface area contributed by atoms with Crippen molar-refractivity contribution in [2.45, 2.75) is 12.5 Å². The Bertz CT molecular complexity index is 958. The third kappa shape index (κ3) is 3.96. The Labute approximate surface area is 171 Å². The Balaban J connectivity index is 1.66. The number of carbonyl (C=O) groups excluding carboxylic acids is 1. The van der Waals surface area contributed by atoms with Gasteiger partial charge in [-0.05, 0) is 29.7 Å². The Hall–Kier alpha value is -2.62. The van der Waals surface area contributed by atoms with E-state index in [0.29, 0.717) is 17.1 Å². The number of rotatable bonds is 4. The summed E-state index contributed by atoms with van der Waals surface area (Å²) in [6, 6.07) is 25.9. The van der Waals surface area contributed by atoms with Crippen LogP contribution < -0.4 is 5.32 Å². The molecular weight excluding hydrogens is 368 g/mol. The van der Waals surface area contributed by atoms with E-state index in [4.69, 9.17) is 11.6 Å². The molecule has 1 fully saturated rings. The summed E-state index contributed by atoms with van der Waals surface area (Å²) in [5.41, 5.74) is 3.72. The number of nitrogens with zero attached hydrogens (tertiary/aromatic N) is 1. The minimum atomic E-state index is 0.0675. The molecule has 1 unspecified atom stereocenters. The molecule has 4 rings (SSSR count). The average molecular weight is 391 g/mol. The maximum atomic E-state index is 13.6. The van der Waals surface area contributed by atoms with Gasteiger partial charge in [-0.2, -0.15) is 0 Å². The minimum absolute atomic E-state index is 0.0675. The van der Waals surface area contributed by atoms with Crippen LogP contribution in [0, 0.1) is 0 Å². The van der Waals surface area contributed by atoms with E-state index in [-0.39, 0.29) is 11.9 Å². The standard InChI is InChI=1S/C24H23ClN2O/c25-23-13-7-6-11-21(23)20-10-4-5-12-22(20)24(28)27-15-14-26-17-19(27)16-18-8-2-1-3-9-18/h1-13,19,26H,14-17H2. The summed E-state index contributed by atoms with van der Waals surface area (Å²) >= 11 is 6.42. The molecule has 0 bridgehead atoms. The van der Waals surface area contributed by atoms with Gasteiger partial charge in [0.15, 0.2) is 0 Å². The highest BCUT2D eigenvalue weighted by atomic mass is 35.5. The molecule has 0 saturated carbocycles. The monoisotopic (exact) mass is 390 g/mol. The van der Waals surface area contributed by atoms with Crippen LogP contribution in [0.1, 0.15) is 15.9 Å². The van der Waals surface area contributed by atoms with Crippen LogP contribution in [0.2, 0.25) is 5.02 Å². The van der Waals surface area contributed by atoms with Gasteiger partial charge in [0.25, 0.3) is 5.91 Å². The molecule has 4 heteroatoms. The molecule has 3 aromatic rings. The molecule has 0 radical (unpaired) electrons. The van der Waals surface area contributed by atoms with Crippen molar-refractivity contribution in [1.29, 1.82) is 0 Å². The summed E-state index contributed by atoms with van der Waals surface area (Å²) in [6.07, 6.45) is 0.841. The van der Waals surface area contributed by atoms with Gasteiger partial charge in [-0.25, -0.2) is 0 Å². The van der Waals surface area contributed by atoms with E-state index in [9.17, 15) is 4.79 Å². The molecule has 142 valence electrons. The van der Waals surface area contributed by atoms with Crippen LogP contribution >= 0.6 is 11.6 Å². The number of hydrogen-bond donors (Lipinski definition) is 1. The normalized spacial score (nSPS) is 16.8. The number of piperazine rings is 1. The Morgan fingerprint density at radius 3 is 2.39 bits per heavy atom. The molecule has 28 heavy (non-hydrogen) atoms. The van der Waals surface area contributed by atoms with Crippen LogP contribution in [0.3, 0.4) is 0 Å². The maximum absolute atomic E-state index is 13.6. The lowest BCUT2D eigenvalue weighted by molar-refractivity contribution is 0.0637. The fourth-order valence-corrected chi connectivity index (χ4v) is 4.07. The molecule has 1 aliphatic heterocycles. The second-order valence-electron chi connectivity index (χ2n) is 7.07. The van der Waals surface area contributed by atoms with Crippen molar-refractivity contribution in [2.75, 3.05) is 19.6 Å². The molecule has 0 spiro atoms. The number of amides is 1. The predicted molar refractivity (Wildman–Crippen MR) is 115 cm³/mol. The first kappa shape index (κ1) is 18.7. The fraction of sp³-hybridized carbons (Fsp3) is 0.208. The molecular formula is C24H23ClN2O. The summed E-state index contributed by atoms with van der Waals surface area (Å²) in [5, 5.41) is 4.09. The zero-order valence-electron chi connectivity index (χ0n) is 15.6. The van der Waals surface area contributed by atoms with Crippen molar-refractivity contribution in [3.8, 4) is 11.1 Å². The SMILES string of the molecule is O=C(c1ccccc1-c1ccccc1Cl)N1CCNCC1Cc1ccccc1. The van der Waals surface area contributed by atoms with Gasteiger partial charge in [0.2, 0.25) is 0 Å². The van der Waals surface area contributed by atoms with Gasteiger partial charge in [-0.1, -0.05) is 78.3 Å². The zero-order chi connectivity index (χ0) is 19.3. The summed E-state index contributed by atoms with van der Waals surface area (Å²) in [4.78, 5) is 15.6. The average Bonchev–Trinajstić information content (AvgIpc) is 2.75. The Morgan fingerprint density at radius 1 is 0.929 bits per heavy atom. The number of halogens is 1. The number of nitrogens with one attached hydrogen (secondary N) is 1. The molecule has 1 saturated heterocycles. The van der Waals surface area contributed by atoms with Crippen molar-refractivity contribution in [1.82, 2.24) is 10.2 Å². The van der Waals surface area contributed by atoms with E-state index in [1.54, 1.807) is 0 Å². The largest absolute Gasteiger partial charge is 0.333 e. The molecule has 1 N–H and O–H groups in total. The fourth-order valence-electron chi connectivity index (χ4n) is 3.84. The van der Waals surface area contributed by atoms with Crippen LogP contribution in [0.25, 0.3) is 11.1 Å². The van der Waals surface area contributed by atoms with Crippen molar-refractivity contribution >= 4 is 17.5 Å².